The van der Waals surface area contributed by atoms with Gasteiger partial charge >= 0.3 is 6.03 Å². The van der Waals surface area contributed by atoms with E-state index in [0.29, 0.717) is 19.1 Å². The van der Waals surface area contributed by atoms with Gasteiger partial charge in [0, 0.05) is 38.4 Å². The first-order valence-electron chi connectivity index (χ1n) is 9.05. The van der Waals surface area contributed by atoms with Crippen molar-refractivity contribution in [2.24, 2.45) is 0 Å². The number of amides is 2. The number of hydrogen-bond acceptors (Lipinski definition) is 3. The summed E-state index contributed by atoms with van der Waals surface area (Å²) in [4.78, 5) is 16.4. The molecule has 1 unspecified atom stereocenters. The minimum Gasteiger partial charge on any atom is -0.497 e. The number of rotatable bonds is 6. The van der Waals surface area contributed by atoms with E-state index >= 15 is 0 Å². The molecule has 0 aromatic heterocycles. The van der Waals surface area contributed by atoms with Crippen LogP contribution in [0, 0.1) is 0 Å². The highest BCUT2D eigenvalue weighted by atomic mass is 16.5. The van der Waals surface area contributed by atoms with Crippen molar-refractivity contribution in [1.82, 2.24) is 10.2 Å². The van der Waals surface area contributed by atoms with E-state index in [2.05, 4.69) is 41.4 Å². The van der Waals surface area contributed by atoms with Gasteiger partial charge in [-0.05, 0) is 42.7 Å². The molecule has 1 N–H and O–H groups in total. The van der Waals surface area contributed by atoms with E-state index in [1.54, 1.807) is 12.0 Å². The van der Waals surface area contributed by atoms with Gasteiger partial charge in [0.15, 0.2) is 0 Å². The number of hydrogen-bond donors (Lipinski definition) is 1. The minimum atomic E-state index is -0.0547. The molecular formula is C21H27N3O2. The summed E-state index contributed by atoms with van der Waals surface area (Å²) < 4.78 is 5.16. The monoisotopic (exact) mass is 353 g/mol. The molecule has 2 amide bonds. The molecule has 0 radical (unpaired) electrons. The van der Waals surface area contributed by atoms with Gasteiger partial charge in [0.2, 0.25) is 0 Å². The zero-order valence-electron chi connectivity index (χ0n) is 15.7. The van der Waals surface area contributed by atoms with E-state index in [1.807, 2.05) is 31.3 Å². The van der Waals surface area contributed by atoms with Gasteiger partial charge in [-0.3, -0.25) is 0 Å². The summed E-state index contributed by atoms with van der Waals surface area (Å²) >= 11 is 0. The number of nitrogens with zero attached hydrogens (tertiary/aromatic N) is 2. The smallest absolute Gasteiger partial charge is 0.317 e. The largest absolute Gasteiger partial charge is 0.497 e. The quantitative estimate of drug-likeness (QED) is 0.867. The van der Waals surface area contributed by atoms with Crippen molar-refractivity contribution in [3.05, 3.63) is 59.7 Å². The van der Waals surface area contributed by atoms with Crippen LogP contribution in [0.15, 0.2) is 48.5 Å². The number of ether oxygens (including phenoxy) is 1. The lowest BCUT2D eigenvalue weighted by Gasteiger charge is -2.26. The molecule has 138 valence electrons. The van der Waals surface area contributed by atoms with E-state index in [9.17, 15) is 4.79 Å². The van der Waals surface area contributed by atoms with Gasteiger partial charge in [-0.2, -0.15) is 0 Å². The summed E-state index contributed by atoms with van der Waals surface area (Å²) in [6, 6.07) is 16.7. The van der Waals surface area contributed by atoms with E-state index in [0.717, 1.165) is 24.3 Å². The number of carbonyl (C=O) groups excluding carboxylic acids is 1. The molecule has 0 fully saturated rings. The maximum atomic E-state index is 12.3. The van der Waals surface area contributed by atoms with Gasteiger partial charge in [0.25, 0.3) is 0 Å². The fraction of sp³-hybridized carbons (Fsp3) is 0.381. The van der Waals surface area contributed by atoms with Gasteiger partial charge in [-0.25, -0.2) is 4.79 Å². The van der Waals surface area contributed by atoms with E-state index in [1.165, 1.54) is 11.3 Å². The standard InChI is InChI=1S/C21H27N3O2/c1-16-14-18-6-4-5-7-20(18)24(16)13-12-22-21(25)23(2)15-17-8-10-19(26-3)11-9-17/h4-11,16H,12-15H2,1-3H3,(H,22,25). The normalized spacial score (nSPS) is 15.5. The summed E-state index contributed by atoms with van der Waals surface area (Å²) in [7, 11) is 3.46. The molecule has 2 aromatic carbocycles. The Labute approximate surface area is 155 Å². The molecule has 1 heterocycles. The van der Waals surface area contributed by atoms with Crippen LogP contribution in [0.1, 0.15) is 18.1 Å². The Bertz CT molecular complexity index is 745. The van der Waals surface area contributed by atoms with Crippen molar-refractivity contribution in [2.45, 2.75) is 25.9 Å². The van der Waals surface area contributed by atoms with Crippen LogP contribution in [-0.4, -0.2) is 44.2 Å². The molecular weight excluding hydrogens is 326 g/mol. The van der Waals surface area contributed by atoms with E-state index in [-0.39, 0.29) is 6.03 Å². The average molecular weight is 353 g/mol. The van der Waals surface area contributed by atoms with Gasteiger partial charge in [-0.15, -0.1) is 0 Å². The van der Waals surface area contributed by atoms with Crippen molar-refractivity contribution in [1.29, 1.82) is 0 Å². The van der Waals surface area contributed by atoms with Crippen molar-refractivity contribution in [2.75, 3.05) is 32.1 Å². The first kappa shape index (κ1) is 18.1. The molecule has 0 aliphatic carbocycles. The number of methoxy groups -OCH3 is 1. The summed E-state index contributed by atoms with van der Waals surface area (Å²) in [5, 5.41) is 3.02. The third-order valence-electron chi connectivity index (χ3n) is 4.90. The number of fused-ring (bicyclic) bond motifs is 1. The second-order valence-electron chi connectivity index (χ2n) is 6.81. The molecule has 0 saturated carbocycles. The number of urea groups is 1. The van der Waals surface area contributed by atoms with Crippen LogP contribution in [-0.2, 0) is 13.0 Å². The average Bonchev–Trinajstić information content (AvgIpc) is 2.97. The van der Waals surface area contributed by atoms with Gasteiger partial charge < -0.3 is 19.9 Å². The van der Waals surface area contributed by atoms with Crippen LogP contribution in [0.3, 0.4) is 0 Å². The van der Waals surface area contributed by atoms with Crippen LogP contribution < -0.4 is 15.0 Å². The number of para-hydroxylation sites is 1. The lowest BCUT2D eigenvalue weighted by Crippen LogP contribution is -2.42. The summed E-state index contributed by atoms with van der Waals surface area (Å²) in [5.74, 6) is 0.820. The topological polar surface area (TPSA) is 44.8 Å². The van der Waals surface area contributed by atoms with Gasteiger partial charge in [0.05, 0.1) is 7.11 Å². The molecule has 5 heteroatoms. The van der Waals surface area contributed by atoms with Crippen molar-refractivity contribution in [3.8, 4) is 5.75 Å². The first-order valence-corrected chi connectivity index (χ1v) is 9.05. The Morgan fingerprint density at radius 2 is 1.96 bits per heavy atom. The zero-order valence-corrected chi connectivity index (χ0v) is 15.7. The third-order valence-corrected chi connectivity index (χ3v) is 4.90. The first-order chi connectivity index (χ1) is 12.6. The highest BCUT2D eigenvalue weighted by Gasteiger charge is 2.25. The number of benzene rings is 2. The fourth-order valence-corrected chi connectivity index (χ4v) is 3.47. The predicted molar refractivity (Wildman–Crippen MR) is 105 cm³/mol. The van der Waals surface area contributed by atoms with Gasteiger partial charge in [-0.1, -0.05) is 30.3 Å². The minimum absolute atomic E-state index is 0.0547. The highest BCUT2D eigenvalue weighted by molar-refractivity contribution is 5.74. The van der Waals surface area contributed by atoms with Crippen LogP contribution in [0.2, 0.25) is 0 Å². The molecule has 0 bridgehead atoms. The van der Waals surface area contributed by atoms with Crippen LogP contribution >= 0.6 is 0 Å². The van der Waals surface area contributed by atoms with Crippen molar-refractivity contribution in [3.63, 3.8) is 0 Å². The van der Waals surface area contributed by atoms with Crippen LogP contribution in [0.5, 0.6) is 5.75 Å². The molecule has 1 aliphatic heterocycles. The number of anilines is 1. The third kappa shape index (κ3) is 4.10. The Morgan fingerprint density at radius 3 is 2.69 bits per heavy atom. The summed E-state index contributed by atoms with van der Waals surface area (Å²) in [6.45, 7) is 4.25. The molecule has 5 nitrogen and oxygen atoms in total. The zero-order chi connectivity index (χ0) is 18.5. The second kappa shape index (κ2) is 8.13. The lowest BCUT2D eigenvalue weighted by molar-refractivity contribution is 0.207. The van der Waals surface area contributed by atoms with Gasteiger partial charge in [0.1, 0.15) is 5.75 Å². The summed E-state index contributed by atoms with van der Waals surface area (Å²) in [6.07, 6.45) is 1.07. The predicted octanol–water partition coefficient (Wildman–Crippen LogP) is 3.29. The van der Waals surface area contributed by atoms with Crippen LogP contribution in [0.25, 0.3) is 0 Å². The fourth-order valence-electron chi connectivity index (χ4n) is 3.47. The SMILES string of the molecule is COc1ccc(CN(C)C(=O)NCCN2c3ccccc3CC2C)cc1. The molecule has 0 saturated heterocycles. The second-order valence-corrected chi connectivity index (χ2v) is 6.81. The molecule has 26 heavy (non-hydrogen) atoms. The Hall–Kier alpha value is -2.69. The molecule has 2 aromatic rings. The highest BCUT2D eigenvalue weighted by Crippen LogP contribution is 2.31. The van der Waals surface area contributed by atoms with Crippen molar-refractivity contribution < 1.29 is 9.53 Å². The van der Waals surface area contributed by atoms with Crippen LogP contribution in [0.4, 0.5) is 10.5 Å². The summed E-state index contributed by atoms with van der Waals surface area (Å²) in [5.41, 5.74) is 3.76. The number of carbonyl (C=O) groups is 1. The maximum absolute atomic E-state index is 12.3. The molecule has 1 atom stereocenters. The maximum Gasteiger partial charge on any atom is 0.317 e. The lowest BCUT2D eigenvalue weighted by atomic mass is 10.1. The molecule has 1 aliphatic rings. The van der Waals surface area contributed by atoms with Crippen molar-refractivity contribution >= 4 is 11.7 Å². The van der Waals surface area contributed by atoms with E-state index in [4.69, 9.17) is 4.74 Å². The molecule has 0 spiro atoms. The number of nitrogens with one attached hydrogen (secondary N) is 1. The Kier molecular flexibility index (Phi) is 5.66. The Balaban J connectivity index is 1.47. The van der Waals surface area contributed by atoms with E-state index < -0.39 is 0 Å². The molecule has 3 rings (SSSR count). The Morgan fingerprint density at radius 1 is 1.23 bits per heavy atom.